The number of methoxy groups -OCH3 is 1. The van der Waals surface area contributed by atoms with Crippen molar-refractivity contribution in [3.05, 3.63) is 34.2 Å². The molecule has 0 saturated carbocycles. The SMILES string of the molecule is COc1cc(-c2cc(C(=O)O)on2)c(Br)c2cc(C)oc12. The molecule has 0 atom stereocenters. The second-order valence-corrected chi connectivity index (χ2v) is 5.21. The Morgan fingerprint density at radius 1 is 1.38 bits per heavy atom. The van der Waals surface area contributed by atoms with Gasteiger partial charge < -0.3 is 18.8 Å². The summed E-state index contributed by atoms with van der Waals surface area (Å²) in [6.45, 7) is 1.84. The van der Waals surface area contributed by atoms with E-state index in [0.717, 1.165) is 15.6 Å². The maximum absolute atomic E-state index is 10.9. The first-order valence-corrected chi connectivity index (χ1v) is 6.77. The largest absolute Gasteiger partial charge is 0.493 e. The minimum atomic E-state index is -1.17. The summed E-state index contributed by atoms with van der Waals surface area (Å²) in [7, 11) is 1.54. The third-order valence-corrected chi connectivity index (χ3v) is 3.90. The molecule has 2 heterocycles. The van der Waals surface area contributed by atoms with E-state index in [9.17, 15) is 4.79 Å². The molecule has 0 aliphatic rings. The Bertz CT molecular complexity index is 849. The highest BCUT2D eigenvalue weighted by Crippen LogP contribution is 2.41. The summed E-state index contributed by atoms with van der Waals surface area (Å²) in [6.07, 6.45) is 0. The molecule has 7 heteroatoms. The third-order valence-electron chi connectivity index (χ3n) is 3.04. The summed E-state index contributed by atoms with van der Waals surface area (Å²) < 4.78 is 16.5. The normalized spacial score (nSPS) is 11.0. The van der Waals surface area contributed by atoms with E-state index in [1.54, 1.807) is 6.07 Å². The van der Waals surface area contributed by atoms with Gasteiger partial charge in [0, 0.05) is 21.5 Å². The van der Waals surface area contributed by atoms with E-state index in [4.69, 9.17) is 18.8 Å². The maximum Gasteiger partial charge on any atom is 0.374 e. The van der Waals surface area contributed by atoms with E-state index in [-0.39, 0.29) is 5.76 Å². The number of hydrogen-bond donors (Lipinski definition) is 1. The van der Waals surface area contributed by atoms with Crippen molar-refractivity contribution >= 4 is 32.9 Å². The molecule has 6 nitrogen and oxygen atoms in total. The van der Waals surface area contributed by atoms with Crippen LogP contribution in [0.4, 0.5) is 0 Å². The fourth-order valence-electron chi connectivity index (χ4n) is 2.11. The van der Waals surface area contributed by atoms with Gasteiger partial charge in [0.1, 0.15) is 11.5 Å². The Kier molecular flexibility index (Phi) is 3.21. The number of aromatic carboxylic acids is 1. The van der Waals surface area contributed by atoms with Crippen molar-refractivity contribution in [3.8, 4) is 17.0 Å². The Hall–Kier alpha value is -2.28. The Labute approximate surface area is 127 Å². The van der Waals surface area contributed by atoms with Gasteiger partial charge in [-0.05, 0) is 35.0 Å². The zero-order valence-electron chi connectivity index (χ0n) is 11.1. The average molecular weight is 352 g/mol. The lowest BCUT2D eigenvalue weighted by molar-refractivity contribution is 0.0652. The first kappa shape index (κ1) is 13.7. The summed E-state index contributed by atoms with van der Waals surface area (Å²) in [5.74, 6) is -0.111. The van der Waals surface area contributed by atoms with Gasteiger partial charge in [-0.25, -0.2) is 4.79 Å². The molecule has 0 aliphatic heterocycles. The highest BCUT2D eigenvalue weighted by molar-refractivity contribution is 9.10. The van der Waals surface area contributed by atoms with Gasteiger partial charge in [-0.15, -0.1) is 0 Å². The van der Waals surface area contributed by atoms with Crippen molar-refractivity contribution in [2.24, 2.45) is 0 Å². The molecule has 0 amide bonds. The number of benzene rings is 1. The molecule has 0 aliphatic carbocycles. The first-order chi connectivity index (χ1) is 10.0. The lowest BCUT2D eigenvalue weighted by atomic mass is 10.1. The number of halogens is 1. The number of aryl methyl sites for hydroxylation is 1. The number of fused-ring (bicyclic) bond motifs is 1. The summed E-state index contributed by atoms with van der Waals surface area (Å²) in [5.41, 5.74) is 1.68. The van der Waals surface area contributed by atoms with Crippen molar-refractivity contribution in [2.45, 2.75) is 6.92 Å². The number of furan rings is 1. The molecule has 3 aromatic rings. The lowest BCUT2D eigenvalue weighted by Crippen LogP contribution is -1.91. The van der Waals surface area contributed by atoms with E-state index in [2.05, 4.69) is 21.1 Å². The van der Waals surface area contributed by atoms with Gasteiger partial charge in [0.15, 0.2) is 11.3 Å². The maximum atomic E-state index is 10.9. The number of carboxylic acid groups (broad SMARTS) is 1. The minimum Gasteiger partial charge on any atom is -0.493 e. The summed E-state index contributed by atoms with van der Waals surface area (Å²) >= 11 is 3.50. The molecule has 0 fully saturated rings. The fourth-order valence-corrected chi connectivity index (χ4v) is 2.72. The van der Waals surface area contributed by atoms with E-state index in [0.29, 0.717) is 22.6 Å². The molecular weight excluding hydrogens is 342 g/mol. The van der Waals surface area contributed by atoms with Crippen LogP contribution in [0.1, 0.15) is 16.3 Å². The van der Waals surface area contributed by atoms with Crippen LogP contribution in [-0.2, 0) is 0 Å². The van der Waals surface area contributed by atoms with Crippen LogP contribution in [0.15, 0.2) is 31.6 Å². The van der Waals surface area contributed by atoms with E-state index < -0.39 is 5.97 Å². The second-order valence-electron chi connectivity index (χ2n) is 4.42. The van der Waals surface area contributed by atoms with Crippen LogP contribution in [0.3, 0.4) is 0 Å². The van der Waals surface area contributed by atoms with Crippen molar-refractivity contribution in [1.82, 2.24) is 5.16 Å². The summed E-state index contributed by atoms with van der Waals surface area (Å²) in [5, 5.41) is 13.5. The van der Waals surface area contributed by atoms with Crippen LogP contribution in [0.5, 0.6) is 5.75 Å². The van der Waals surface area contributed by atoms with E-state index in [1.165, 1.54) is 13.2 Å². The molecule has 0 unspecified atom stereocenters. The standard InChI is InChI=1S/C14H10BrNO5/c1-6-3-8-12(15)7(4-10(19-2)13(8)20-6)9-5-11(14(17)18)21-16-9/h3-5H,1-2H3,(H,17,18). The van der Waals surface area contributed by atoms with Crippen LogP contribution in [0, 0.1) is 6.92 Å². The number of carbonyl (C=O) groups is 1. The Balaban J connectivity index is 2.26. The number of hydrogen-bond acceptors (Lipinski definition) is 5. The fraction of sp³-hybridized carbons (Fsp3) is 0.143. The molecule has 0 saturated heterocycles. The van der Waals surface area contributed by atoms with Gasteiger partial charge >= 0.3 is 5.97 Å². The van der Waals surface area contributed by atoms with Crippen LogP contribution in [-0.4, -0.2) is 23.3 Å². The number of rotatable bonds is 3. The topological polar surface area (TPSA) is 85.7 Å². The lowest BCUT2D eigenvalue weighted by Gasteiger charge is -2.06. The van der Waals surface area contributed by atoms with Crippen LogP contribution < -0.4 is 4.74 Å². The monoisotopic (exact) mass is 351 g/mol. The molecule has 0 spiro atoms. The number of aromatic nitrogens is 1. The van der Waals surface area contributed by atoms with Crippen LogP contribution >= 0.6 is 15.9 Å². The number of nitrogens with zero attached hydrogens (tertiary/aromatic N) is 1. The van der Waals surface area contributed by atoms with Crippen LogP contribution in [0.25, 0.3) is 22.2 Å². The molecular formula is C14H10BrNO5. The van der Waals surface area contributed by atoms with Gasteiger partial charge in [0.2, 0.25) is 5.76 Å². The zero-order valence-corrected chi connectivity index (χ0v) is 12.7. The van der Waals surface area contributed by atoms with Gasteiger partial charge in [0.05, 0.1) is 7.11 Å². The predicted octanol–water partition coefficient (Wildman–Crippen LogP) is 3.87. The van der Waals surface area contributed by atoms with Gasteiger partial charge in [-0.3, -0.25) is 0 Å². The summed E-state index contributed by atoms with van der Waals surface area (Å²) in [4.78, 5) is 10.9. The Morgan fingerprint density at radius 3 is 2.76 bits per heavy atom. The number of ether oxygens (including phenoxy) is 1. The molecule has 2 aromatic heterocycles. The second kappa shape index (κ2) is 4.92. The van der Waals surface area contributed by atoms with E-state index >= 15 is 0 Å². The Morgan fingerprint density at radius 2 is 2.14 bits per heavy atom. The van der Waals surface area contributed by atoms with Crippen molar-refractivity contribution in [3.63, 3.8) is 0 Å². The van der Waals surface area contributed by atoms with Gasteiger partial charge in [0.25, 0.3) is 0 Å². The molecule has 1 N–H and O–H groups in total. The molecule has 1 aromatic carbocycles. The first-order valence-electron chi connectivity index (χ1n) is 5.98. The summed E-state index contributed by atoms with van der Waals surface area (Å²) in [6, 6.07) is 4.95. The van der Waals surface area contributed by atoms with Gasteiger partial charge in [-0.2, -0.15) is 0 Å². The van der Waals surface area contributed by atoms with E-state index in [1.807, 2.05) is 13.0 Å². The molecule has 0 bridgehead atoms. The predicted molar refractivity (Wildman–Crippen MR) is 77.7 cm³/mol. The minimum absolute atomic E-state index is 0.223. The molecule has 108 valence electrons. The van der Waals surface area contributed by atoms with Gasteiger partial charge in [-0.1, -0.05) is 5.16 Å². The smallest absolute Gasteiger partial charge is 0.374 e. The average Bonchev–Trinajstić information content (AvgIpc) is 3.06. The number of carboxylic acids is 1. The van der Waals surface area contributed by atoms with Crippen LogP contribution in [0.2, 0.25) is 0 Å². The van der Waals surface area contributed by atoms with Crippen molar-refractivity contribution in [2.75, 3.05) is 7.11 Å². The highest BCUT2D eigenvalue weighted by Gasteiger charge is 2.20. The molecule has 0 radical (unpaired) electrons. The quantitative estimate of drug-likeness (QED) is 0.770. The van der Waals surface area contributed by atoms with Crippen molar-refractivity contribution < 1.29 is 23.6 Å². The van der Waals surface area contributed by atoms with Crippen molar-refractivity contribution in [1.29, 1.82) is 0 Å². The zero-order chi connectivity index (χ0) is 15.1. The third kappa shape index (κ3) is 2.19. The molecule has 21 heavy (non-hydrogen) atoms. The highest BCUT2D eigenvalue weighted by atomic mass is 79.9. The molecule has 3 rings (SSSR count).